The van der Waals surface area contributed by atoms with Gasteiger partial charge in [-0.2, -0.15) is 0 Å². The van der Waals surface area contributed by atoms with Gasteiger partial charge >= 0.3 is 5.69 Å². The molecule has 2 aliphatic carbocycles. The van der Waals surface area contributed by atoms with Crippen LogP contribution >= 0.6 is 11.6 Å². The molecule has 0 spiro atoms. The highest BCUT2D eigenvalue weighted by Crippen LogP contribution is 2.51. The number of fused-ring (bicyclic) bond motifs is 2. The number of benzene rings is 2. The summed E-state index contributed by atoms with van der Waals surface area (Å²) in [6, 6.07) is 7.80. The summed E-state index contributed by atoms with van der Waals surface area (Å²) in [5, 5.41) is 1.63. The average Bonchev–Trinajstić information content (AvgIpc) is 3.09. The zero-order valence-electron chi connectivity index (χ0n) is 19.3. The molecule has 8 nitrogen and oxygen atoms in total. The molecule has 194 valence electrons. The van der Waals surface area contributed by atoms with Crippen LogP contribution in [0, 0.1) is 23.5 Å². The number of amides is 1. The molecule has 5 rings (SSSR count). The van der Waals surface area contributed by atoms with E-state index in [1.807, 2.05) is 0 Å². The number of nitrogens with one attached hydrogen (secondary N) is 2. The summed E-state index contributed by atoms with van der Waals surface area (Å²) in [7, 11) is -3.95. The molecule has 2 aliphatic rings. The van der Waals surface area contributed by atoms with Crippen molar-refractivity contribution >= 4 is 33.0 Å². The van der Waals surface area contributed by atoms with Crippen LogP contribution in [-0.2, 0) is 9.84 Å². The number of nitrogens with zero attached hydrogens (tertiary/aromatic N) is 1. The van der Waals surface area contributed by atoms with Gasteiger partial charge in [-0.3, -0.25) is 19.1 Å². The minimum atomic E-state index is -3.95. The Kier molecular flexibility index (Phi) is 6.53. The quantitative estimate of drug-likeness (QED) is 0.500. The number of carbonyl (C=O) groups is 1. The largest absolute Gasteiger partial charge is 0.328 e. The van der Waals surface area contributed by atoms with E-state index >= 15 is 0 Å². The number of H-pyrrole nitrogens is 1. The molecule has 0 saturated heterocycles. The van der Waals surface area contributed by atoms with Gasteiger partial charge in [-0.15, -0.1) is 0 Å². The third kappa shape index (κ3) is 4.73. The minimum Gasteiger partial charge on any atom is -0.322 e. The SMILES string of the molecule is O=C(Nc1ccc(F)c(F)c1)c1ccc(Cl)c(S(=O)(=O)C2C[C@H]3CC[C@@H](C2)C3n2ccc(=O)[nH]c2=O)c1. The van der Waals surface area contributed by atoms with Crippen molar-refractivity contribution in [3.63, 3.8) is 0 Å². The smallest absolute Gasteiger partial charge is 0.322 e. The highest BCUT2D eigenvalue weighted by Gasteiger charge is 2.48. The molecule has 1 aromatic heterocycles. The predicted octanol–water partition coefficient (Wildman–Crippen LogP) is 3.92. The molecular weight excluding hydrogens is 528 g/mol. The summed E-state index contributed by atoms with van der Waals surface area (Å²) in [6.07, 6.45) is 3.56. The molecule has 2 N–H and O–H groups in total. The van der Waals surface area contributed by atoms with Crippen molar-refractivity contribution in [3.05, 3.63) is 91.7 Å². The molecule has 3 aromatic rings. The van der Waals surface area contributed by atoms with E-state index in [2.05, 4.69) is 10.3 Å². The Labute approximate surface area is 215 Å². The molecule has 4 atom stereocenters. The van der Waals surface area contributed by atoms with Gasteiger partial charge in [0.15, 0.2) is 21.5 Å². The first-order valence-electron chi connectivity index (χ1n) is 11.7. The summed E-state index contributed by atoms with van der Waals surface area (Å²) in [5.74, 6) is -3.07. The first-order chi connectivity index (χ1) is 17.5. The van der Waals surface area contributed by atoms with Gasteiger partial charge in [-0.25, -0.2) is 22.0 Å². The fourth-order valence-corrected chi connectivity index (χ4v) is 8.06. The number of anilines is 1. The topological polar surface area (TPSA) is 118 Å². The number of carbonyl (C=O) groups excluding carboxylic acids is 1. The first-order valence-corrected chi connectivity index (χ1v) is 13.6. The average molecular weight is 550 g/mol. The number of rotatable bonds is 5. The number of aromatic nitrogens is 2. The molecule has 2 aromatic carbocycles. The lowest BCUT2D eigenvalue weighted by Gasteiger charge is -2.36. The Balaban J connectivity index is 1.39. The molecule has 1 heterocycles. The third-order valence-electron chi connectivity index (χ3n) is 7.29. The Morgan fingerprint density at radius 2 is 1.70 bits per heavy atom. The minimum absolute atomic E-state index is 0.00986. The maximum absolute atomic E-state index is 13.7. The Bertz CT molecular complexity index is 1610. The van der Waals surface area contributed by atoms with Crippen LogP contribution in [0.3, 0.4) is 0 Å². The van der Waals surface area contributed by atoms with Crippen LogP contribution in [0.2, 0.25) is 5.02 Å². The number of sulfone groups is 1. The van der Waals surface area contributed by atoms with Crippen molar-refractivity contribution in [2.24, 2.45) is 11.8 Å². The van der Waals surface area contributed by atoms with Crippen LogP contribution in [0.1, 0.15) is 42.1 Å². The maximum atomic E-state index is 13.7. The molecule has 1 amide bonds. The molecule has 12 heteroatoms. The summed E-state index contributed by atoms with van der Waals surface area (Å²) in [5.41, 5.74) is -1.01. The van der Waals surface area contributed by atoms with Crippen molar-refractivity contribution in [1.82, 2.24) is 9.55 Å². The van der Waals surface area contributed by atoms with E-state index in [9.17, 15) is 31.6 Å². The van der Waals surface area contributed by atoms with Crippen LogP contribution in [0.5, 0.6) is 0 Å². The summed E-state index contributed by atoms with van der Waals surface area (Å²) in [6.45, 7) is 0. The van der Waals surface area contributed by atoms with E-state index < -0.39 is 43.9 Å². The zero-order valence-corrected chi connectivity index (χ0v) is 20.9. The van der Waals surface area contributed by atoms with Gasteiger partial charge in [0, 0.05) is 35.6 Å². The predicted molar refractivity (Wildman–Crippen MR) is 133 cm³/mol. The van der Waals surface area contributed by atoms with E-state index in [4.69, 9.17) is 11.6 Å². The van der Waals surface area contributed by atoms with E-state index in [0.29, 0.717) is 12.8 Å². The van der Waals surface area contributed by atoms with E-state index in [1.165, 1.54) is 41.1 Å². The lowest BCUT2D eigenvalue weighted by Crippen LogP contribution is -2.41. The van der Waals surface area contributed by atoms with Crippen molar-refractivity contribution in [2.45, 2.75) is 41.9 Å². The summed E-state index contributed by atoms with van der Waals surface area (Å²) < 4.78 is 55.5. The van der Waals surface area contributed by atoms with E-state index in [0.717, 1.165) is 25.0 Å². The van der Waals surface area contributed by atoms with Gasteiger partial charge in [0.2, 0.25) is 0 Å². The van der Waals surface area contributed by atoms with Gasteiger partial charge in [0.05, 0.1) is 15.2 Å². The van der Waals surface area contributed by atoms with Gasteiger partial charge in [-0.1, -0.05) is 11.6 Å². The molecule has 0 aliphatic heterocycles. The molecule has 2 unspecified atom stereocenters. The van der Waals surface area contributed by atoms with E-state index in [1.54, 1.807) is 0 Å². The molecular formula is C25H22ClF2N3O5S. The maximum Gasteiger partial charge on any atom is 0.328 e. The third-order valence-corrected chi connectivity index (χ3v) is 9.95. The van der Waals surface area contributed by atoms with Crippen LogP contribution < -0.4 is 16.6 Å². The number of hydrogen-bond acceptors (Lipinski definition) is 5. The van der Waals surface area contributed by atoms with Crippen molar-refractivity contribution in [2.75, 3.05) is 5.32 Å². The number of halogens is 3. The standard InChI is InChI=1S/C25H22ClF2N3O5S/c26-18-5-3-15(24(33)29-16-4-6-19(27)20(28)12-16)11-21(18)37(35,36)17-9-13-1-2-14(10-17)23(13)31-8-7-22(32)30-25(31)34/h3-8,11-14,17,23H,1-2,9-10H2,(H,29,33)(H,30,32,34)/t13-,14+,17?,23?. The zero-order chi connectivity index (χ0) is 26.5. The van der Waals surface area contributed by atoms with Crippen LogP contribution in [0.15, 0.2) is 63.1 Å². The molecule has 2 bridgehead atoms. The second kappa shape index (κ2) is 9.53. The van der Waals surface area contributed by atoms with Crippen LogP contribution in [0.4, 0.5) is 14.5 Å². The van der Waals surface area contributed by atoms with Gasteiger partial charge in [-0.05, 0) is 67.9 Å². The lowest BCUT2D eigenvalue weighted by molar-refractivity contribution is 0.102. The normalized spacial score (nSPS) is 23.1. The van der Waals surface area contributed by atoms with Gasteiger partial charge in [0.1, 0.15) is 0 Å². The Morgan fingerprint density at radius 1 is 1.00 bits per heavy atom. The second-order valence-corrected chi connectivity index (χ2v) is 12.1. The van der Waals surface area contributed by atoms with Crippen molar-refractivity contribution < 1.29 is 22.0 Å². The van der Waals surface area contributed by atoms with Crippen molar-refractivity contribution in [3.8, 4) is 0 Å². The number of hydrogen-bond donors (Lipinski definition) is 2. The summed E-state index contributed by atoms with van der Waals surface area (Å²) >= 11 is 6.27. The lowest BCUT2D eigenvalue weighted by atomic mass is 9.83. The first kappa shape index (κ1) is 25.3. The summed E-state index contributed by atoms with van der Waals surface area (Å²) in [4.78, 5) is 38.6. The fourth-order valence-electron chi connectivity index (χ4n) is 5.63. The van der Waals surface area contributed by atoms with Gasteiger partial charge in [0.25, 0.3) is 11.5 Å². The fraction of sp³-hybridized carbons (Fsp3) is 0.320. The Morgan fingerprint density at radius 3 is 2.35 bits per heavy atom. The van der Waals surface area contributed by atoms with Crippen LogP contribution in [0.25, 0.3) is 0 Å². The molecule has 37 heavy (non-hydrogen) atoms. The number of aromatic amines is 1. The molecule has 2 fully saturated rings. The van der Waals surface area contributed by atoms with Crippen molar-refractivity contribution in [1.29, 1.82) is 0 Å². The van der Waals surface area contributed by atoms with E-state index in [-0.39, 0.29) is 39.0 Å². The highest BCUT2D eigenvalue weighted by molar-refractivity contribution is 7.92. The second-order valence-electron chi connectivity index (χ2n) is 9.47. The molecule has 0 radical (unpaired) electrons. The monoisotopic (exact) mass is 549 g/mol. The molecule has 2 saturated carbocycles. The highest BCUT2D eigenvalue weighted by atomic mass is 35.5. The Hall–Kier alpha value is -3.31. The van der Waals surface area contributed by atoms with Gasteiger partial charge < -0.3 is 5.32 Å². The van der Waals surface area contributed by atoms with Crippen LogP contribution in [-0.4, -0.2) is 29.1 Å².